The Bertz CT molecular complexity index is 1160. The Morgan fingerprint density at radius 1 is 0.946 bits per heavy atom. The second-order valence-electron chi connectivity index (χ2n) is 8.85. The highest BCUT2D eigenvalue weighted by Gasteiger charge is 2.31. The normalized spacial score (nSPS) is 16.1. The van der Waals surface area contributed by atoms with E-state index in [9.17, 15) is 5.11 Å². The first-order valence-electron chi connectivity index (χ1n) is 12.3. The van der Waals surface area contributed by atoms with Crippen LogP contribution in [0, 0.1) is 0 Å². The number of benzene rings is 3. The highest BCUT2D eigenvalue weighted by molar-refractivity contribution is 6.27. The molecule has 0 amide bonds. The van der Waals surface area contributed by atoms with Crippen LogP contribution in [0.5, 0.6) is 5.75 Å². The largest absolute Gasteiger partial charge is 0.487 e. The van der Waals surface area contributed by atoms with Crippen LogP contribution in [0.1, 0.15) is 41.7 Å². The van der Waals surface area contributed by atoms with E-state index in [-0.39, 0.29) is 6.04 Å². The van der Waals surface area contributed by atoms with Gasteiger partial charge in [0.1, 0.15) is 12.4 Å². The molecule has 8 heteroatoms. The SMILES string of the molecule is CCN[C@H]1CCc2c(ccc(OCc3ccccc3)c2N(C)Cc2ccccc2)[C@@H]1O.O=C(O)C(=O)O. The maximum atomic E-state index is 11.0. The first-order chi connectivity index (χ1) is 17.8. The molecule has 4 rings (SSSR count). The Hall–Kier alpha value is -3.88. The van der Waals surface area contributed by atoms with Crippen molar-refractivity contribution in [1.82, 2.24) is 5.32 Å². The van der Waals surface area contributed by atoms with Crippen molar-refractivity contribution in [3.05, 3.63) is 95.1 Å². The van der Waals surface area contributed by atoms with Gasteiger partial charge in [0.15, 0.2) is 0 Å². The number of aliphatic hydroxyl groups excluding tert-OH is 1. The first-order valence-corrected chi connectivity index (χ1v) is 12.3. The van der Waals surface area contributed by atoms with Gasteiger partial charge in [0, 0.05) is 19.6 Å². The number of rotatable bonds is 8. The standard InChI is InChI=1S/C27H32N2O2.C2H2O4/c1-3-28-24-16-14-22-23(27(24)30)15-17-25(31-19-21-12-8-5-9-13-21)26(22)29(2)18-20-10-6-4-7-11-20;3-1(4)2(5)6/h4-13,15,17,24,27-28,30H,3,14,16,18-19H2,1-2H3;(H,3,4)(H,5,6)/t24-,27-;/m0./s1. The van der Waals surface area contributed by atoms with Crippen LogP contribution in [-0.2, 0) is 29.2 Å². The zero-order valence-electron chi connectivity index (χ0n) is 21.1. The number of nitrogens with zero attached hydrogens (tertiary/aromatic N) is 1. The fraction of sp³-hybridized carbons (Fsp3) is 0.310. The first kappa shape index (κ1) is 27.7. The van der Waals surface area contributed by atoms with Gasteiger partial charge in [-0.2, -0.15) is 0 Å². The van der Waals surface area contributed by atoms with Crippen LogP contribution in [0.3, 0.4) is 0 Å². The lowest BCUT2D eigenvalue weighted by Gasteiger charge is -2.35. The van der Waals surface area contributed by atoms with Crippen LogP contribution >= 0.6 is 0 Å². The summed E-state index contributed by atoms with van der Waals surface area (Å²) in [6, 6.07) is 24.9. The minimum atomic E-state index is -1.82. The number of nitrogens with one attached hydrogen (secondary N) is 1. The van der Waals surface area contributed by atoms with E-state index in [0.29, 0.717) is 6.61 Å². The van der Waals surface area contributed by atoms with Crippen molar-refractivity contribution in [3.63, 3.8) is 0 Å². The topological polar surface area (TPSA) is 119 Å². The minimum Gasteiger partial charge on any atom is -0.487 e. The number of carbonyl (C=O) groups is 2. The van der Waals surface area contributed by atoms with Crippen molar-refractivity contribution in [2.75, 3.05) is 18.5 Å². The molecule has 0 bridgehead atoms. The Kier molecular flexibility index (Phi) is 10.1. The number of aliphatic hydroxyl groups is 1. The second kappa shape index (κ2) is 13.4. The summed E-state index contributed by atoms with van der Waals surface area (Å²) in [5, 5.41) is 29.2. The highest BCUT2D eigenvalue weighted by atomic mass is 16.5. The quantitative estimate of drug-likeness (QED) is 0.338. The van der Waals surface area contributed by atoms with Gasteiger partial charge in [0.25, 0.3) is 0 Å². The molecule has 1 aliphatic rings. The molecule has 3 aromatic rings. The number of anilines is 1. The molecule has 0 aliphatic heterocycles. The third kappa shape index (κ3) is 7.55. The lowest BCUT2D eigenvalue weighted by molar-refractivity contribution is -0.159. The maximum Gasteiger partial charge on any atom is 0.414 e. The lowest BCUT2D eigenvalue weighted by atomic mass is 9.84. The van der Waals surface area contributed by atoms with Gasteiger partial charge in [-0.3, -0.25) is 0 Å². The Morgan fingerprint density at radius 3 is 2.11 bits per heavy atom. The number of ether oxygens (including phenoxy) is 1. The van der Waals surface area contributed by atoms with E-state index in [1.54, 1.807) is 0 Å². The smallest absolute Gasteiger partial charge is 0.414 e. The van der Waals surface area contributed by atoms with Crippen molar-refractivity contribution in [2.45, 2.75) is 45.1 Å². The molecule has 0 heterocycles. The third-order valence-electron chi connectivity index (χ3n) is 6.22. The van der Waals surface area contributed by atoms with Crippen molar-refractivity contribution >= 4 is 17.6 Å². The van der Waals surface area contributed by atoms with Gasteiger partial charge in [-0.1, -0.05) is 73.7 Å². The van der Waals surface area contributed by atoms with Gasteiger partial charge >= 0.3 is 11.9 Å². The van der Waals surface area contributed by atoms with E-state index >= 15 is 0 Å². The lowest BCUT2D eigenvalue weighted by Crippen LogP contribution is -2.38. The van der Waals surface area contributed by atoms with E-state index < -0.39 is 18.0 Å². The Morgan fingerprint density at radius 2 is 1.54 bits per heavy atom. The van der Waals surface area contributed by atoms with Crippen molar-refractivity contribution < 1.29 is 29.6 Å². The van der Waals surface area contributed by atoms with Gasteiger partial charge in [-0.25, -0.2) is 9.59 Å². The van der Waals surface area contributed by atoms with Gasteiger partial charge in [-0.15, -0.1) is 0 Å². The fourth-order valence-electron chi connectivity index (χ4n) is 4.53. The summed E-state index contributed by atoms with van der Waals surface area (Å²) in [7, 11) is 2.11. The van der Waals surface area contributed by atoms with Crippen molar-refractivity contribution in [2.24, 2.45) is 0 Å². The van der Waals surface area contributed by atoms with E-state index in [2.05, 4.69) is 60.6 Å². The molecule has 0 spiro atoms. The average molecular weight is 507 g/mol. The molecule has 1 aliphatic carbocycles. The van der Waals surface area contributed by atoms with Crippen LogP contribution in [0.15, 0.2) is 72.8 Å². The summed E-state index contributed by atoms with van der Waals surface area (Å²) in [5.74, 6) is -2.78. The average Bonchev–Trinajstić information content (AvgIpc) is 2.90. The fourth-order valence-corrected chi connectivity index (χ4v) is 4.53. The summed E-state index contributed by atoms with van der Waals surface area (Å²) < 4.78 is 6.32. The van der Waals surface area contributed by atoms with Gasteiger partial charge in [-0.05, 0) is 47.7 Å². The Labute approximate surface area is 217 Å². The van der Waals surface area contributed by atoms with Crippen molar-refractivity contribution in [1.29, 1.82) is 0 Å². The molecule has 3 aromatic carbocycles. The molecular weight excluding hydrogens is 472 g/mol. The second-order valence-corrected chi connectivity index (χ2v) is 8.85. The number of hydrogen-bond acceptors (Lipinski definition) is 6. The number of hydrogen-bond donors (Lipinski definition) is 4. The predicted octanol–water partition coefficient (Wildman–Crippen LogP) is 4.02. The summed E-state index contributed by atoms with van der Waals surface area (Å²) in [5.41, 5.74) is 5.69. The zero-order chi connectivity index (χ0) is 26.8. The molecule has 196 valence electrons. The van der Waals surface area contributed by atoms with Crippen LogP contribution in [0.2, 0.25) is 0 Å². The minimum absolute atomic E-state index is 0.0980. The maximum absolute atomic E-state index is 11.0. The Balaban J connectivity index is 0.000000568. The molecule has 2 atom stereocenters. The predicted molar refractivity (Wildman–Crippen MR) is 142 cm³/mol. The van der Waals surface area contributed by atoms with E-state index in [4.69, 9.17) is 24.5 Å². The summed E-state index contributed by atoms with van der Waals surface area (Å²) in [6.07, 6.45) is 1.33. The van der Waals surface area contributed by atoms with Crippen LogP contribution in [0.4, 0.5) is 5.69 Å². The molecule has 8 nitrogen and oxygen atoms in total. The summed E-state index contributed by atoms with van der Waals surface area (Å²) in [4.78, 5) is 20.5. The third-order valence-corrected chi connectivity index (χ3v) is 6.22. The molecule has 0 unspecified atom stereocenters. The van der Waals surface area contributed by atoms with Crippen LogP contribution < -0.4 is 15.0 Å². The van der Waals surface area contributed by atoms with Gasteiger partial charge in [0.2, 0.25) is 0 Å². The van der Waals surface area contributed by atoms with E-state index in [1.165, 1.54) is 11.1 Å². The number of aliphatic carboxylic acids is 2. The molecular formula is C29H34N2O6. The molecule has 0 aromatic heterocycles. The van der Waals surface area contributed by atoms with Gasteiger partial charge in [0.05, 0.1) is 11.8 Å². The molecule has 4 N–H and O–H groups in total. The van der Waals surface area contributed by atoms with Crippen LogP contribution in [0.25, 0.3) is 0 Å². The summed E-state index contributed by atoms with van der Waals surface area (Å²) in [6.45, 7) is 4.25. The van der Waals surface area contributed by atoms with E-state index in [1.807, 2.05) is 36.4 Å². The molecule has 0 radical (unpaired) electrons. The number of fused-ring (bicyclic) bond motifs is 1. The number of likely N-dealkylation sites (N-methyl/N-ethyl adjacent to an activating group) is 1. The molecule has 0 saturated carbocycles. The number of carboxylic acid groups (broad SMARTS) is 2. The van der Waals surface area contributed by atoms with Gasteiger partial charge < -0.3 is 30.3 Å². The summed E-state index contributed by atoms with van der Waals surface area (Å²) >= 11 is 0. The molecule has 0 fully saturated rings. The van der Waals surface area contributed by atoms with Crippen molar-refractivity contribution in [3.8, 4) is 5.75 Å². The number of carboxylic acids is 2. The van der Waals surface area contributed by atoms with Crippen LogP contribution in [-0.4, -0.2) is 46.9 Å². The molecule has 0 saturated heterocycles. The van der Waals surface area contributed by atoms with E-state index in [0.717, 1.165) is 48.5 Å². The monoisotopic (exact) mass is 506 g/mol. The molecule has 37 heavy (non-hydrogen) atoms. The highest BCUT2D eigenvalue weighted by Crippen LogP contribution is 2.42. The zero-order valence-corrected chi connectivity index (χ0v) is 21.1.